The van der Waals surface area contributed by atoms with E-state index in [1.807, 2.05) is 48.5 Å². The van der Waals surface area contributed by atoms with Gasteiger partial charge in [0, 0.05) is 17.4 Å². The SMILES string of the molecule is N[C@H](CSSC[C@@H](NC(=O)OCC1c2ccccc2-c2ccccc21)C(=O)O)C(=O)O. The molecule has 31 heavy (non-hydrogen) atoms. The summed E-state index contributed by atoms with van der Waals surface area (Å²) >= 11 is 0. The van der Waals surface area contributed by atoms with Gasteiger partial charge in [0.15, 0.2) is 0 Å². The maximum atomic E-state index is 12.3. The Kier molecular flexibility index (Phi) is 7.83. The van der Waals surface area contributed by atoms with Gasteiger partial charge in [0.25, 0.3) is 0 Å². The fraction of sp³-hybridized carbons (Fsp3) is 0.286. The third kappa shape index (κ3) is 5.72. The van der Waals surface area contributed by atoms with E-state index in [9.17, 15) is 19.5 Å². The molecule has 0 fully saturated rings. The van der Waals surface area contributed by atoms with Gasteiger partial charge < -0.3 is 26.0 Å². The molecule has 0 spiro atoms. The van der Waals surface area contributed by atoms with Crippen molar-refractivity contribution in [2.24, 2.45) is 5.73 Å². The van der Waals surface area contributed by atoms with Crippen molar-refractivity contribution < 1.29 is 29.3 Å². The number of carbonyl (C=O) groups excluding carboxylic acids is 1. The third-order valence-electron chi connectivity index (χ3n) is 4.82. The Labute approximate surface area is 186 Å². The van der Waals surface area contributed by atoms with Crippen LogP contribution in [0.2, 0.25) is 0 Å². The van der Waals surface area contributed by atoms with Crippen LogP contribution in [-0.4, -0.2) is 58.4 Å². The molecule has 1 aliphatic rings. The number of hydrogen-bond acceptors (Lipinski definition) is 7. The van der Waals surface area contributed by atoms with E-state index < -0.39 is 30.1 Å². The lowest BCUT2D eigenvalue weighted by Gasteiger charge is -2.17. The average molecular weight is 463 g/mol. The standard InChI is InChI=1S/C21H22N2O6S2/c22-17(19(24)25)10-30-31-11-18(20(26)27)23-21(28)29-9-16-14-7-3-1-5-12(14)13-6-2-4-8-15(13)16/h1-8,16-18H,9-11,22H2,(H,23,28)(H,24,25)(H,26,27)/t17-,18-/m1/s1. The first-order valence-electron chi connectivity index (χ1n) is 9.45. The van der Waals surface area contributed by atoms with Crippen LogP contribution in [0.4, 0.5) is 4.79 Å². The zero-order valence-electron chi connectivity index (χ0n) is 16.4. The Balaban J connectivity index is 1.54. The van der Waals surface area contributed by atoms with Gasteiger partial charge in [-0.3, -0.25) is 4.79 Å². The second-order valence-corrected chi connectivity index (χ2v) is 9.43. The smallest absolute Gasteiger partial charge is 0.407 e. The van der Waals surface area contributed by atoms with Gasteiger partial charge in [-0.1, -0.05) is 70.1 Å². The zero-order valence-corrected chi connectivity index (χ0v) is 18.0. The predicted molar refractivity (Wildman–Crippen MR) is 120 cm³/mol. The third-order valence-corrected chi connectivity index (χ3v) is 7.26. The molecule has 0 saturated carbocycles. The molecule has 0 unspecified atom stereocenters. The number of carboxylic acids is 2. The van der Waals surface area contributed by atoms with Crippen LogP contribution in [0.5, 0.6) is 0 Å². The number of nitrogens with one attached hydrogen (secondary N) is 1. The van der Waals surface area contributed by atoms with Crippen LogP contribution >= 0.6 is 21.6 Å². The van der Waals surface area contributed by atoms with Crippen LogP contribution in [0, 0.1) is 0 Å². The molecule has 8 nitrogen and oxygen atoms in total. The Morgan fingerprint density at radius 1 is 0.935 bits per heavy atom. The predicted octanol–water partition coefficient (Wildman–Crippen LogP) is 2.77. The number of carbonyl (C=O) groups is 3. The summed E-state index contributed by atoms with van der Waals surface area (Å²) in [6, 6.07) is 13.6. The molecule has 0 aliphatic heterocycles. The van der Waals surface area contributed by atoms with E-state index >= 15 is 0 Å². The maximum Gasteiger partial charge on any atom is 0.407 e. The second kappa shape index (κ2) is 10.6. The highest BCUT2D eigenvalue weighted by Gasteiger charge is 2.29. The first-order valence-corrected chi connectivity index (χ1v) is 11.9. The average Bonchev–Trinajstić information content (AvgIpc) is 3.07. The first-order chi connectivity index (χ1) is 14.9. The molecule has 2 aromatic carbocycles. The van der Waals surface area contributed by atoms with Crippen molar-refractivity contribution in [2.75, 3.05) is 18.1 Å². The highest BCUT2D eigenvalue weighted by Crippen LogP contribution is 2.44. The van der Waals surface area contributed by atoms with Gasteiger partial charge in [0.05, 0.1) is 0 Å². The Hall–Kier alpha value is -2.69. The molecule has 10 heteroatoms. The minimum absolute atomic E-state index is 0.0382. The summed E-state index contributed by atoms with van der Waals surface area (Å²) in [4.78, 5) is 34.4. The van der Waals surface area contributed by atoms with E-state index in [-0.39, 0.29) is 24.0 Å². The van der Waals surface area contributed by atoms with E-state index in [4.69, 9.17) is 15.6 Å². The molecule has 0 radical (unpaired) electrons. The fourth-order valence-corrected chi connectivity index (χ4v) is 5.53. The molecule has 2 atom stereocenters. The number of aliphatic carboxylic acids is 2. The molecule has 5 N–H and O–H groups in total. The topological polar surface area (TPSA) is 139 Å². The summed E-state index contributed by atoms with van der Waals surface area (Å²) in [6.07, 6.45) is -0.818. The minimum atomic E-state index is -1.20. The fourth-order valence-electron chi connectivity index (χ4n) is 3.27. The van der Waals surface area contributed by atoms with E-state index in [2.05, 4.69) is 5.32 Å². The molecule has 164 valence electrons. The van der Waals surface area contributed by atoms with Gasteiger partial charge in [-0.25, -0.2) is 9.59 Å². The van der Waals surface area contributed by atoms with Gasteiger partial charge in [0.1, 0.15) is 18.7 Å². The van der Waals surface area contributed by atoms with E-state index in [0.29, 0.717) is 0 Å². The van der Waals surface area contributed by atoms with Crippen LogP contribution in [0.3, 0.4) is 0 Å². The minimum Gasteiger partial charge on any atom is -0.480 e. The molecule has 0 aromatic heterocycles. The van der Waals surface area contributed by atoms with Crippen molar-refractivity contribution in [3.8, 4) is 11.1 Å². The normalized spacial score (nSPS) is 14.2. The van der Waals surface area contributed by atoms with E-state index in [0.717, 1.165) is 43.8 Å². The van der Waals surface area contributed by atoms with Gasteiger partial charge in [0.2, 0.25) is 0 Å². The Morgan fingerprint density at radius 3 is 2.03 bits per heavy atom. The molecule has 0 bridgehead atoms. The van der Waals surface area contributed by atoms with Crippen LogP contribution < -0.4 is 11.1 Å². The number of hydrogen-bond donors (Lipinski definition) is 4. The molecule has 3 rings (SSSR count). The van der Waals surface area contributed by atoms with Crippen molar-refractivity contribution in [1.29, 1.82) is 0 Å². The number of benzene rings is 2. The number of carboxylic acid groups (broad SMARTS) is 2. The number of fused-ring (bicyclic) bond motifs is 3. The highest BCUT2D eigenvalue weighted by molar-refractivity contribution is 8.76. The summed E-state index contributed by atoms with van der Waals surface area (Å²) in [5.74, 6) is -2.29. The van der Waals surface area contributed by atoms with Crippen molar-refractivity contribution in [3.05, 3.63) is 59.7 Å². The van der Waals surface area contributed by atoms with Gasteiger partial charge in [-0.15, -0.1) is 0 Å². The number of ether oxygens (including phenoxy) is 1. The van der Waals surface area contributed by atoms with Crippen molar-refractivity contribution >= 4 is 39.6 Å². The summed E-state index contributed by atoms with van der Waals surface area (Å²) < 4.78 is 5.37. The number of nitrogens with two attached hydrogens (primary N) is 1. The Bertz CT molecular complexity index is 925. The molecular weight excluding hydrogens is 440 g/mol. The van der Waals surface area contributed by atoms with Gasteiger partial charge in [-0.05, 0) is 22.3 Å². The number of amides is 1. The second-order valence-electron chi connectivity index (χ2n) is 6.87. The number of alkyl carbamates (subject to hydrolysis) is 1. The van der Waals surface area contributed by atoms with Crippen molar-refractivity contribution in [2.45, 2.75) is 18.0 Å². The lowest BCUT2D eigenvalue weighted by molar-refractivity contribution is -0.139. The quantitative estimate of drug-likeness (QED) is 0.310. The first kappa shape index (κ1) is 23.0. The molecule has 0 heterocycles. The lowest BCUT2D eigenvalue weighted by atomic mass is 9.98. The summed E-state index contributed by atoms with van der Waals surface area (Å²) in [5, 5.41) is 20.5. The summed E-state index contributed by atoms with van der Waals surface area (Å²) in [6.45, 7) is 0.0849. The molecule has 1 amide bonds. The van der Waals surface area contributed by atoms with Gasteiger partial charge in [-0.2, -0.15) is 0 Å². The van der Waals surface area contributed by atoms with E-state index in [1.54, 1.807) is 0 Å². The van der Waals surface area contributed by atoms with Crippen molar-refractivity contribution in [1.82, 2.24) is 5.32 Å². The van der Waals surface area contributed by atoms with Gasteiger partial charge >= 0.3 is 18.0 Å². The largest absolute Gasteiger partial charge is 0.480 e. The summed E-state index contributed by atoms with van der Waals surface area (Å²) in [7, 11) is 2.26. The van der Waals surface area contributed by atoms with E-state index in [1.165, 1.54) is 0 Å². The van der Waals surface area contributed by atoms with Crippen LogP contribution in [0.15, 0.2) is 48.5 Å². The zero-order chi connectivity index (χ0) is 22.4. The lowest BCUT2D eigenvalue weighted by Crippen LogP contribution is -2.43. The Morgan fingerprint density at radius 2 is 1.48 bits per heavy atom. The highest BCUT2D eigenvalue weighted by atomic mass is 33.1. The molecule has 1 aliphatic carbocycles. The molecular formula is C21H22N2O6S2. The summed E-state index contributed by atoms with van der Waals surface area (Å²) in [5.41, 5.74) is 9.73. The van der Waals surface area contributed by atoms with Crippen LogP contribution in [-0.2, 0) is 14.3 Å². The monoisotopic (exact) mass is 462 g/mol. The van der Waals surface area contributed by atoms with Crippen LogP contribution in [0.1, 0.15) is 17.0 Å². The maximum absolute atomic E-state index is 12.3. The number of rotatable bonds is 10. The molecule has 0 saturated heterocycles. The van der Waals surface area contributed by atoms with Crippen LogP contribution in [0.25, 0.3) is 11.1 Å². The molecule has 2 aromatic rings. The van der Waals surface area contributed by atoms with Crippen molar-refractivity contribution in [3.63, 3.8) is 0 Å².